The van der Waals surface area contributed by atoms with Crippen molar-refractivity contribution in [2.45, 2.75) is 96.9 Å². The van der Waals surface area contributed by atoms with Crippen molar-refractivity contribution in [1.82, 2.24) is 10.2 Å². The zero-order valence-electron chi connectivity index (χ0n) is 14.8. The molecule has 0 bridgehead atoms. The summed E-state index contributed by atoms with van der Waals surface area (Å²) in [5.41, 5.74) is 0. The second-order valence-corrected chi connectivity index (χ2v) is 6.79. The van der Waals surface area contributed by atoms with Gasteiger partial charge in [-0.05, 0) is 45.4 Å². The van der Waals surface area contributed by atoms with Gasteiger partial charge in [-0.15, -0.1) is 0 Å². The largest absolute Gasteiger partial charge is 0.314 e. The highest BCUT2D eigenvalue weighted by Gasteiger charge is 2.09. The molecule has 1 N–H and O–H groups in total. The third kappa shape index (κ3) is 10.3. The highest BCUT2D eigenvalue weighted by molar-refractivity contribution is 4.69. The van der Waals surface area contributed by atoms with Crippen LogP contribution in [0.25, 0.3) is 0 Å². The zero-order valence-corrected chi connectivity index (χ0v) is 14.8. The Bertz CT molecular complexity index is 202. The van der Waals surface area contributed by atoms with Crippen molar-refractivity contribution in [2.24, 2.45) is 0 Å². The van der Waals surface area contributed by atoms with Crippen LogP contribution < -0.4 is 5.32 Å². The molecular weight excluding hydrogens is 256 g/mol. The molecule has 0 amide bonds. The number of hydrogen-bond donors (Lipinski definition) is 1. The van der Waals surface area contributed by atoms with Gasteiger partial charge in [0, 0.05) is 6.04 Å². The first-order valence-corrected chi connectivity index (χ1v) is 9.82. The Morgan fingerprint density at radius 2 is 1.24 bits per heavy atom. The maximum atomic E-state index is 3.85. The van der Waals surface area contributed by atoms with E-state index in [9.17, 15) is 0 Å². The third-order valence-corrected chi connectivity index (χ3v) is 5.08. The minimum absolute atomic E-state index is 0.793. The maximum Gasteiger partial charge on any atom is 0.00670 e. The maximum absolute atomic E-state index is 3.85. The Labute approximate surface area is 134 Å². The number of hydrogen-bond acceptors (Lipinski definition) is 2. The van der Waals surface area contributed by atoms with Gasteiger partial charge in [0.1, 0.15) is 0 Å². The van der Waals surface area contributed by atoms with Crippen LogP contribution in [0.4, 0.5) is 0 Å². The molecule has 1 aliphatic rings. The lowest BCUT2D eigenvalue weighted by Crippen LogP contribution is -2.33. The molecule has 126 valence electrons. The molecule has 0 saturated heterocycles. The van der Waals surface area contributed by atoms with Gasteiger partial charge in [-0.1, -0.05) is 71.6 Å². The van der Waals surface area contributed by atoms with E-state index in [1.165, 1.54) is 103 Å². The molecule has 1 fully saturated rings. The number of nitrogens with one attached hydrogen (secondary N) is 1. The van der Waals surface area contributed by atoms with E-state index in [1.54, 1.807) is 0 Å². The van der Waals surface area contributed by atoms with Gasteiger partial charge in [0.25, 0.3) is 0 Å². The van der Waals surface area contributed by atoms with Crippen LogP contribution in [0.15, 0.2) is 0 Å². The molecule has 0 radical (unpaired) electrons. The average Bonchev–Trinajstić information content (AvgIpc) is 2.49. The van der Waals surface area contributed by atoms with Crippen LogP contribution in [0.2, 0.25) is 0 Å². The topological polar surface area (TPSA) is 15.3 Å². The van der Waals surface area contributed by atoms with Gasteiger partial charge >= 0.3 is 0 Å². The molecular formula is C19H40N2. The molecule has 0 atom stereocenters. The van der Waals surface area contributed by atoms with E-state index in [0.717, 1.165) is 6.04 Å². The molecule has 1 saturated carbocycles. The highest BCUT2D eigenvalue weighted by atomic mass is 15.1. The average molecular weight is 297 g/mol. The van der Waals surface area contributed by atoms with Crippen molar-refractivity contribution < 1.29 is 0 Å². The SMILES string of the molecule is CCN(CC)CCCNC1CCCCCCCCCCC1. The summed E-state index contributed by atoms with van der Waals surface area (Å²) in [6, 6.07) is 0.793. The van der Waals surface area contributed by atoms with Gasteiger partial charge < -0.3 is 10.2 Å². The molecule has 21 heavy (non-hydrogen) atoms. The van der Waals surface area contributed by atoms with Crippen molar-refractivity contribution >= 4 is 0 Å². The summed E-state index contributed by atoms with van der Waals surface area (Å²) >= 11 is 0. The normalized spacial score (nSPS) is 20.1. The fourth-order valence-electron chi connectivity index (χ4n) is 3.52. The molecule has 2 nitrogen and oxygen atoms in total. The molecule has 1 aliphatic carbocycles. The van der Waals surface area contributed by atoms with E-state index in [0.29, 0.717) is 0 Å². The van der Waals surface area contributed by atoms with E-state index in [-0.39, 0.29) is 0 Å². The smallest absolute Gasteiger partial charge is 0.00670 e. The van der Waals surface area contributed by atoms with Crippen LogP contribution in [-0.4, -0.2) is 37.1 Å². The van der Waals surface area contributed by atoms with Crippen molar-refractivity contribution in [1.29, 1.82) is 0 Å². The predicted molar refractivity (Wildman–Crippen MR) is 95.0 cm³/mol. The first kappa shape index (κ1) is 19.0. The van der Waals surface area contributed by atoms with Crippen molar-refractivity contribution in [3.63, 3.8) is 0 Å². The van der Waals surface area contributed by atoms with Crippen molar-refractivity contribution in [2.75, 3.05) is 26.2 Å². The van der Waals surface area contributed by atoms with Gasteiger partial charge in [0.05, 0.1) is 0 Å². The minimum atomic E-state index is 0.793. The molecule has 2 heteroatoms. The predicted octanol–water partition coefficient (Wildman–Crippen LogP) is 4.98. The lowest BCUT2D eigenvalue weighted by Gasteiger charge is -2.21. The molecule has 0 aromatic carbocycles. The van der Waals surface area contributed by atoms with Gasteiger partial charge in [-0.25, -0.2) is 0 Å². The fraction of sp³-hybridized carbons (Fsp3) is 1.00. The van der Waals surface area contributed by atoms with Crippen LogP contribution in [-0.2, 0) is 0 Å². The second-order valence-electron chi connectivity index (χ2n) is 6.79. The third-order valence-electron chi connectivity index (χ3n) is 5.08. The number of rotatable bonds is 7. The summed E-state index contributed by atoms with van der Waals surface area (Å²) in [5.74, 6) is 0. The minimum Gasteiger partial charge on any atom is -0.314 e. The Morgan fingerprint density at radius 3 is 1.71 bits per heavy atom. The van der Waals surface area contributed by atoms with Gasteiger partial charge in [0.15, 0.2) is 0 Å². The summed E-state index contributed by atoms with van der Waals surface area (Å²) in [5, 5.41) is 3.85. The van der Waals surface area contributed by atoms with E-state index in [1.807, 2.05) is 0 Å². The van der Waals surface area contributed by atoms with Gasteiger partial charge in [-0.2, -0.15) is 0 Å². The van der Waals surface area contributed by atoms with Crippen molar-refractivity contribution in [3.05, 3.63) is 0 Å². The first-order chi connectivity index (χ1) is 10.4. The standard InChI is InChI=1S/C19H40N2/c1-3-21(4-2)18-14-17-20-19-15-12-10-8-6-5-7-9-11-13-16-19/h19-20H,3-18H2,1-2H3. The monoisotopic (exact) mass is 296 g/mol. The summed E-state index contributed by atoms with van der Waals surface area (Å²) in [7, 11) is 0. The Morgan fingerprint density at radius 1 is 0.762 bits per heavy atom. The Hall–Kier alpha value is -0.0800. The van der Waals surface area contributed by atoms with Crippen molar-refractivity contribution in [3.8, 4) is 0 Å². The molecule has 0 unspecified atom stereocenters. The van der Waals surface area contributed by atoms with Crippen LogP contribution in [0, 0.1) is 0 Å². The summed E-state index contributed by atoms with van der Waals surface area (Å²) < 4.78 is 0. The van der Waals surface area contributed by atoms with E-state index < -0.39 is 0 Å². The summed E-state index contributed by atoms with van der Waals surface area (Å²) in [4.78, 5) is 2.53. The quantitative estimate of drug-likeness (QED) is 0.666. The van der Waals surface area contributed by atoms with E-state index >= 15 is 0 Å². The lowest BCUT2D eigenvalue weighted by molar-refractivity contribution is 0.293. The molecule has 0 heterocycles. The fourth-order valence-corrected chi connectivity index (χ4v) is 3.52. The molecule has 1 rings (SSSR count). The first-order valence-electron chi connectivity index (χ1n) is 9.82. The second kappa shape index (κ2) is 13.6. The summed E-state index contributed by atoms with van der Waals surface area (Å²) in [6.07, 6.45) is 17.3. The number of nitrogens with zero attached hydrogens (tertiary/aromatic N) is 1. The van der Waals surface area contributed by atoms with E-state index in [2.05, 4.69) is 24.1 Å². The highest BCUT2D eigenvalue weighted by Crippen LogP contribution is 2.16. The van der Waals surface area contributed by atoms with E-state index in [4.69, 9.17) is 0 Å². The van der Waals surface area contributed by atoms with Crippen LogP contribution in [0.5, 0.6) is 0 Å². The molecule has 0 aromatic heterocycles. The summed E-state index contributed by atoms with van der Waals surface area (Å²) in [6.45, 7) is 9.39. The van der Waals surface area contributed by atoms with Crippen LogP contribution in [0.1, 0.15) is 90.9 Å². The molecule has 0 spiro atoms. The van der Waals surface area contributed by atoms with Crippen LogP contribution >= 0.6 is 0 Å². The zero-order chi connectivity index (χ0) is 15.2. The Kier molecular flexibility index (Phi) is 12.3. The van der Waals surface area contributed by atoms with Gasteiger partial charge in [-0.3, -0.25) is 0 Å². The molecule has 0 aliphatic heterocycles. The van der Waals surface area contributed by atoms with Crippen LogP contribution in [0.3, 0.4) is 0 Å². The molecule has 0 aromatic rings. The Balaban J connectivity index is 2.15. The lowest BCUT2D eigenvalue weighted by atomic mass is 9.98. The van der Waals surface area contributed by atoms with Gasteiger partial charge in [0.2, 0.25) is 0 Å².